The summed E-state index contributed by atoms with van der Waals surface area (Å²) in [5.41, 5.74) is 3.58. The number of alkyl halides is 6. The summed E-state index contributed by atoms with van der Waals surface area (Å²) in [7, 11) is 0. The molecule has 2 aliphatic heterocycles. The van der Waals surface area contributed by atoms with Crippen LogP contribution in [0.3, 0.4) is 0 Å². The van der Waals surface area contributed by atoms with Gasteiger partial charge in [0.25, 0.3) is 0 Å². The van der Waals surface area contributed by atoms with E-state index in [1.165, 1.54) is 0 Å². The van der Waals surface area contributed by atoms with Crippen molar-refractivity contribution in [1.29, 1.82) is 0 Å². The number of carbonyl (C=O) groups excluding carboxylic acids is 2. The first kappa shape index (κ1) is 51.8. The Morgan fingerprint density at radius 2 is 0.839 bits per heavy atom. The standard InChI is InChI=1S/2C12H12FIO2.2C12H13FO2/c2*13-11-9(12(15)16-10(11)7-14)6-8-4-2-1-3-5-8;2*1-2-11(13)10(12(14)15)8-9-6-4-3-5-7-9/h2*1-5,9-11H,6-7H2;2*2-7,10-11H,1,8H2,(H,14,15)/t9-,10+,11+;9-,10-,11-;10-,11+;10-,11-/m1111/s1. The van der Waals surface area contributed by atoms with Crippen LogP contribution in [0, 0.1) is 23.7 Å². The average molecular weight is 1080 g/mol. The lowest BCUT2D eigenvalue weighted by Gasteiger charge is -2.13. The summed E-state index contributed by atoms with van der Waals surface area (Å²) in [5, 5.41) is 17.7. The summed E-state index contributed by atoms with van der Waals surface area (Å²) < 4.78 is 65.1. The van der Waals surface area contributed by atoms with Crippen LogP contribution in [0.25, 0.3) is 0 Å². The van der Waals surface area contributed by atoms with E-state index in [2.05, 4.69) is 13.2 Å². The third kappa shape index (κ3) is 16.6. The van der Waals surface area contributed by atoms with Gasteiger partial charge < -0.3 is 19.7 Å². The molecule has 2 fully saturated rings. The fourth-order valence-corrected chi connectivity index (χ4v) is 7.81. The lowest BCUT2D eigenvalue weighted by Crippen LogP contribution is -2.25. The van der Waals surface area contributed by atoms with Gasteiger partial charge in [0.1, 0.15) is 24.6 Å². The predicted molar refractivity (Wildman–Crippen MR) is 247 cm³/mol. The minimum absolute atomic E-state index is 0.184. The number of halogens is 6. The monoisotopic (exact) mass is 1080 g/mol. The van der Waals surface area contributed by atoms with Crippen molar-refractivity contribution in [3.8, 4) is 0 Å². The highest BCUT2D eigenvalue weighted by Crippen LogP contribution is 2.30. The SMILES string of the molecule is C=C[C@@H](F)[C@@H](Cc1ccccc1)C(=O)O.C=C[C@H](F)[C@@H](Cc1ccccc1)C(=O)O.O=C1O[C@@H](CI)[C@@H](F)[C@H]1Cc1ccccc1.O=C1O[C@H](CI)[C@H](F)[C@H]1Cc1ccccc1. The van der Waals surface area contributed by atoms with Crippen molar-refractivity contribution in [1.82, 2.24) is 0 Å². The molecular weight excluding hydrogens is 1030 g/mol. The zero-order valence-electron chi connectivity index (χ0n) is 33.7. The minimum atomic E-state index is -1.51. The number of carbonyl (C=O) groups is 4. The van der Waals surface area contributed by atoms with E-state index in [0.29, 0.717) is 21.7 Å². The van der Waals surface area contributed by atoms with E-state index < -0.39 is 84.4 Å². The molecule has 2 N–H and O–H groups in total. The van der Waals surface area contributed by atoms with E-state index >= 15 is 0 Å². The largest absolute Gasteiger partial charge is 0.481 e. The zero-order chi connectivity index (χ0) is 45.6. The van der Waals surface area contributed by atoms with Crippen LogP contribution in [-0.4, -0.2) is 79.8 Å². The van der Waals surface area contributed by atoms with Crippen LogP contribution < -0.4 is 0 Å². The van der Waals surface area contributed by atoms with E-state index in [0.717, 1.165) is 34.4 Å². The molecule has 0 aliphatic carbocycles. The molecule has 0 saturated carbocycles. The molecule has 0 radical (unpaired) electrons. The first-order valence-corrected chi connectivity index (χ1v) is 22.7. The van der Waals surface area contributed by atoms with Crippen molar-refractivity contribution < 1.29 is 56.4 Å². The number of ether oxygens (including phenoxy) is 2. The summed E-state index contributed by atoms with van der Waals surface area (Å²) in [6.07, 6.45) is -3.23. The van der Waals surface area contributed by atoms with Crippen LogP contribution in [0.15, 0.2) is 147 Å². The smallest absolute Gasteiger partial charge is 0.312 e. The Balaban J connectivity index is 0.000000220. The molecule has 14 heteroatoms. The minimum Gasteiger partial charge on any atom is -0.481 e. The number of aliphatic carboxylic acids is 2. The molecule has 4 aromatic carbocycles. The van der Waals surface area contributed by atoms with Gasteiger partial charge in [-0.25, -0.2) is 17.6 Å². The van der Waals surface area contributed by atoms with Crippen molar-refractivity contribution in [3.05, 3.63) is 169 Å². The maximum atomic E-state index is 13.8. The number of esters is 2. The van der Waals surface area contributed by atoms with Crippen molar-refractivity contribution in [3.63, 3.8) is 0 Å². The van der Waals surface area contributed by atoms with Crippen LogP contribution in [-0.2, 0) is 54.3 Å². The fraction of sp³-hybridized carbons (Fsp3) is 0.333. The third-order valence-electron chi connectivity index (χ3n) is 9.97. The highest BCUT2D eigenvalue weighted by Gasteiger charge is 2.45. The van der Waals surface area contributed by atoms with Gasteiger partial charge >= 0.3 is 23.9 Å². The van der Waals surface area contributed by atoms with Crippen molar-refractivity contribution >= 4 is 69.1 Å². The highest BCUT2D eigenvalue weighted by molar-refractivity contribution is 14.1. The summed E-state index contributed by atoms with van der Waals surface area (Å²) in [5.74, 6) is -6.45. The number of hydrogen-bond acceptors (Lipinski definition) is 6. The summed E-state index contributed by atoms with van der Waals surface area (Å²) >= 11 is 4.08. The van der Waals surface area contributed by atoms with Crippen molar-refractivity contribution in [2.45, 2.75) is 62.6 Å². The number of benzene rings is 4. The molecule has 0 bridgehead atoms. The van der Waals surface area contributed by atoms with Crippen LogP contribution >= 0.6 is 45.2 Å². The number of rotatable bonds is 16. The summed E-state index contributed by atoms with van der Waals surface area (Å²) in [6, 6.07) is 37.0. The molecule has 10 atom stereocenters. The van der Waals surface area contributed by atoms with Crippen LogP contribution in [0.2, 0.25) is 0 Å². The highest BCUT2D eigenvalue weighted by atomic mass is 127. The van der Waals surface area contributed by atoms with Crippen LogP contribution in [0.1, 0.15) is 22.3 Å². The maximum absolute atomic E-state index is 13.8. The first-order chi connectivity index (χ1) is 29.7. The molecule has 62 heavy (non-hydrogen) atoms. The van der Waals surface area contributed by atoms with Gasteiger partial charge in [-0.05, 0) is 47.9 Å². The molecule has 6 rings (SSSR count). The van der Waals surface area contributed by atoms with E-state index in [9.17, 15) is 36.7 Å². The van der Waals surface area contributed by atoms with E-state index in [1.807, 2.05) is 118 Å². The number of carboxylic acid groups (broad SMARTS) is 2. The molecule has 0 unspecified atom stereocenters. The fourth-order valence-electron chi connectivity index (χ4n) is 6.48. The number of cyclic esters (lactones) is 2. The summed E-state index contributed by atoms with van der Waals surface area (Å²) in [6.45, 7) is 6.53. The Hall–Kier alpha value is -4.58. The molecule has 8 nitrogen and oxygen atoms in total. The van der Waals surface area contributed by atoms with E-state index in [1.54, 1.807) is 48.5 Å². The zero-order valence-corrected chi connectivity index (χ0v) is 38.1. The average Bonchev–Trinajstić information content (AvgIpc) is 3.72. The molecule has 0 aromatic heterocycles. The number of allylic oxidation sites excluding steroid dienone is 2. The summed E-state index contributed by atoms with van der Waals surface area (Å²) in [4.78, 5) is 44.6. The molecule has 2 aliphatic rings. The van der Waals surface area contributed by atoms with Gasteiger partial charge in [-0.1, -0.05) is 179 Å². The quantitative estimate of drug-likeness (QED) is 0.0374. The van der Waals surface area contributed by atoms with Crippen molar-refractivity contribution in [2.75, 3.05) is 8.86 Å². The first-order valence-electron chi connectivity index (χ1n) is 19.7. The van der Waals surface area contributed by atoms with Crippen LogP contribution in [0.4, 0.5) is 17.6 Å². The molecule has 4 aromatic rings. The van der Waals surface area contributed by atoms with Crippen LogP contribution in [0.5, 0.6) is 0 Å². The molecule has 2 heterocycles. The predicted octanol–water partition coefficient (Wildman–Crippen LogP) is 10.00. The van der Waals surface area contributed by atoms with Gasteiger partial charge in [0, 0.05) is 8.86 Å². The molecule has 0 spiro atoms. The topological polar surface area (TPSA) is 127 Å². The second kappa shape index (κ2) is 27.5. The Kier molecular flexibility index (Phi) is 22.9. The lowest BCUT2D eigenvalue weighted by molar-refractivity contribution is -0.144. The molecule has 0 amide bonds. The Labute approximate surface area is 387 Å². The molecule has 332 valence electrons. The molecule has 2 saturated heterocycles. The Morgan fingerprint density at radius 1 is 0.565 bits per heavy atom. The van der Waals surface area contributed by atoms with Gasteiger partial charge in [0.05, 0.1) is 23.7 Å². The van der Waals surface area contributed by atoms with Gasteiger partial charge in [-0.15, -0.1) is 13.2 Å². The second-order valence-electron chi connectivity index (χ2n) is 14.4. The second-order valence-corrected chi connectivity index (χ2v) is 16.1. The third-order valence-corrected chi connectivity index (χ3v) is 11.7. The Bertz CT molecular complexity index is 1840. The number of hydrogen-bond donors (Lipinski definition) is 2. The Morgan fingerprint density at radius 3 is 1.06 bits per heavy atom. The van der Waals surface area contributed by atoms with Gasteiger partial charge in [0.2, 0.25) is 0 Å². The van der Waals surface area contributed by atoms with Gasteiger partial charge in [-0.2, -0.15) is 0 Å². The van der Waals surface area contributed by atoms with E-state index in [-0.39, 0.29) is 12.8 Å². The maximum Gasteiger partial charge on any atom is 0.312 e. The van der Waals surface area contributed by atoms with Crippen molar-refractivity contribution in [2.24, 2.45) is 23.7 Å². The molecular formula is C48H50F4I2O8. The normalized spacial score (nSPS) is 21.9. The number of carboxylic acids is 2. The van der Waals surface area contributed by atoms with Gasteiger partial charge in [-0.3, -0.25) is 19.2 Å². The van der Waals surface area contributed by atoms with E-state index in [4.69, 9.17) is 19.7 Å². The van der Waals surface area contributed by atoms with Gasteiger partial charge in [0.15, 0.2) is 12.3 Å². The lowest BCUT2D eigenvalue weighted by atomic mass is 9.95.